The van der Waals surface area contributed by atoms with E-state index >= 15 is 0 Å². The van der Waals surface area contributed by atoms with Gasteiger partial charge in [0.2, 0.25) is 11.8 Å². The predicted octanol–water partition coefficient (Wildman–Crippen LogP) is 3.34. The molecule has 2 fully saturated rings. The van der Waals surface area contributed by atoms with Gasteiger partial charge in [-0.15, -0.1) is 0 Å². The van der Waals surface area contributed by atoms with Gasteiger partial charge in [0.1, 0.15) is 0 Å². The van der Waals surface area contributed by atoms with Crippen LogP contribution in [0.4, 0.5) is 0 Å². The van der Waals surface area contributed by atoms with E-state index in [1.54, 1.807) is 24.3 Å². The third kappa shape index (κ3) is 2.74. The maximum absolute atomic E-state index is 12.7. The van der Waals surface area contributed by atoms with Crippen LogP contribution in [0.2, 0.25) is 0 Å². The highest BCUT2D eigenvalue weighted by Gasteiger charge is 2.51. The Labute approximate surface area is 138 Å². The molecule has 116 valence electrons. The number of ketones is 1. The third-order valence-electron chi connectivity index (χ3n) is 4.77. The van der Waals surface area contributed by atoms with Gasteiger partial charge in [0.05, 0.1) is 12.0 Å². The molecule has 1 aliphatic carbocycles. The van der Waals surface area contributed by atoms with Crippen LogP contribution in [0.1, 0.15) is 48.9 Å². The van der Waals surface area contributed by atoms with Crippen LogP contribution in [0.3, 0.4) is 0 Å². The number of amides is 2. The van der Waals surface area contributed by atoms with E-state index < -0.39 is 5.41 Å². The van der Waals surface area contributed by atoms with Crippen molar-refractivity contribution in [2.75, 3.05) is 6.54 Å². The van der Waals surface area contributed by atoms with E-state index in [0.29, 0.717) is 5.56 Å². The molecule has 0 bridgehead atoms. The fraction of sp³-hybridized carbons (Fsp3) is 0.471. The first kappa shape index (κ1) is 15.4. The minimum Gasteiger partial charge on any atom is -0.292 e. The summed E-state index contributed by atoms with van der Waals surface area (Å²) in [6.45, 7) is -0.138. The Morgan fingerprint density at radius 3 is 2.36 bits per heavy atom. The molecule has 1 spiro atoms. The number of carbonyl (C=O) groups is 3. The van der Waals surface area contributed by atoms with E-state index in [4.69, 9.17) is 0 Å². The van der Waals surface area contributed by atoms with Crippen molar-refractivity contribution in [2.24, 2.45) is 5.41 Å². The molecular weight excluding hydrogens is 346 g/mol. The Balaban J connectivity index is 1.74. The first-order chi connectivity index (χ1) is 10.5. The lowest BCUT2D eigenvalue weighted by atomic mass is 9.73. The van der Waals surface area contributed by atoms with Crippen LogP contribution in [0, 0.1) is 5.41 Å². The summed E-state index contributed by atoms with van der Waals surface area (Å²) in [5.41, 5.74) is 0.00314. The lowest BCUT2D eigenvalue weighted by Gasteiger charge is -2.30. The third-order valence-corrected chi connectivity index (χ3v) is 5.30. The van der Waals surface area contributed by atoms with Crippen LogP contribution in [0.15, 0.2) is 28.7 Å². The highest BCUT2D eigenvalue weighted by atomic mass is 79.9. The second-order valence-electron chi connectivity index (χ2n) is 6.23. The zero-order valence-corrected chi connectivity index (χ0v) is 13.9. The van der Waals surface area contributed by atoms with Crippen LogP contribution in [0.5, 0.6) is 0 Å². The van der Waals surface area contributed by atoms with E-state index in [-0.39, 0.29) is 30.6 Å². The number of imide groups is 1. The van der Waals surface area contributed by atoms with Crippen molar-refractivity contribution in [3.05, 3.63) is 34.3 Å². The molecule has 0 aromatic heterocycles. The summed E-state index contributed by atoms with van der Waals surface area (Å²) >= 11 is 3.32. The Bertz CT molecular complexity index is 617. The van der Waals surface area contributed by atoms with Gasteiger partial charge in [0.25, 0.3) is 0 Å². The average Bonchev–Trinajstić information content (AvgIpc) is 2.73. The molecule has 5 heteroatoms. The molecule has 1 aromatic carbocycles. The molecule has 0 atom stereocenters. The lowest BCUT2D eigenvalue weighted by molar-refractivity contribution is -0.141. The van der Waals surface area contributed by atoms with Gasteiger partial charge in [-0.25, -0.2) is 0 Å². The molecule has 4 nitrogen and oxygen atoms in total. The molecule has 1 saturated heterocycles. The van der Waals surface area contributed by atoms with Gasteiger partial charge in [-0.1, -0.05) is 47.3 Å². The number of nitrogens with zero attached hydrogens (tertiary/aromatic N) is 1. The topological polar surface area (TPSA) is 54.5 Å². The van der Waals surface area contributed by atoms with Gasteiger partial charge in [-0.3, -0.25) is 19.3 Å². The monoisotopic (exact) mass is 363 g/mol. The summed E-state index contributed by atoms with van der Waals surface area (Å²) in [4.78, 5) is 38.4. The Morgan fingerprint density at radius 1 is 1.09 bits per heavy atom. The van der Waals surface area contributed by atoms with Crippen LogP contribution < -0.4 is 0 Å². The highest BCUT2D eigenvalue weighted by Crippen LogP contribution is 2.45. The predicted molar refractivity (Wildman–Crippen MR) is 85.3 cm³/mol. The molecule has 0 unspecified atom stereocenters. The molecule has 1 saturated carbocycles. The number of Topliss-reactive ketones (excluding diaryl/α,β-unsaturated/α-hetero) is 1. The van der Waals surface area contributed by atoms with E-state index in [1.165, 1.54) is 4.90 Å². The molecule has 1 aliphatic heterocycles. The summed E-state index contributed by atoms with van der Waals surface area (Å²) in [6, 6.07) is 6.97. The fourth-order valence-electron chi connectivity index (χ4n) is 3.51. The van der Waals surface area contributed by atoms with E-state index in [1.807, 2.05) is 0 Å². The van der Waals surface area contributed by atoms with Crippen molar-refractivity contribution in [3.8, 4) is 0 Å². The number of hydrogen-bond acceptors (Lipinski definition) is 3. The lowest BCUT2D eigenvalue weighted by Crippen LogP contribution is -2.39. The van der Waals surface area contributed by atoms with Crippen molar-refractivity contribution in [3.63, 3.8) is 0 Å². The smallest absolute Gasteiger partial charge is 0.236 e. The second kappa shape index (κ2) is 5.95. The Morgan fingerprint density at radius 2 is 1.73 bits per heavy atom. The van der Waals surface area contributed by atoms with Gasteiger partial charge in [-0.2, -0.15) is 0 Å². The highest BCUT2D eigenvalue weighted by molar-refractivity contribution is 9.10. The van der Waals surface area contributed by atoms with Crippen molar-refractivity contribution in [1.29, 1.82) is 0 Å². The van der Waals surface area contributed by atoms with Gasteiger partial charge in [0.15, 0.2) is 5.78 Å². The molecule has 1 aromatic rings. The zero-order chi connectivity index (χ0) is 15.7. The summed E-state index contributed by atoms with van der Waals surface area (Å²) < 4.78 is 0.888. The summed E-state index contributed by atoms with van der Waals surface area (Å²) in [7, 11) is 0. The first-order valence-electron chi connectivity index (χ1n) is 7.65. The Hall–Kier alpha value is -1.49. The number of carbonyl (C=O) groups excluding carboxylic acids is 3. The van der Waals surface area contributed by atoms with Crippen molar-refractivity contribution < 1.29 is 14.4 Å². The normalized spacial score (nSPS) is 20.7. The SMILES string of the molecule is O=C(CN1C(=O)CC2(CCCCC2)C1=O)c1ccc(Br)cc1. The first-order valence-corrected chi connectivity index (χ1v) is 8.45. The van der Waals surface area contributed by atoms with Crippen molar-refractivity contribution in [1.82, 2.24) is 4.90 Å². The van der Waals surface area contributed by atoms with Gasteiger partial charge in [0, 0.05) is 16.5 Å². The number of benzene rings is 1. The van der Waals surface area contributed by atoms with Gasteiger partial charge in [-0.05, 0) is 25.0 Å². The molecule has 3 rings (SSSR count). The molecular formula is C17H18BrNO3. The maximum atomic E-state index is 12.7. The molecule has 2 aliphatic rings. The fourth-order valence-corrected chi connectivity index (χ4v) is 3.77. The summed E-state index contributed by atoms with van der Waals surface area (Å²) in [6.07, 6.45) is 4.95. The van der Waals surface area contributed by atoms with Crippen LogP contribution >= 0.6 is 15.9 Å². The standard InChI is InChI=1S/C17H18BrNO3/c18-13-6-4-12(5-7-13)14(20)11-19-15(21)10-17(16(19)22)8-2-1-3-9-17/h4-7H,1-3,8-11H2. The molecule has 1 heterocycles. The van der Waals surface area contributed by atoms with Crippen molar-refractivity contribution >= 4 is 33.5 Å². The van der Waals surface area contributed by atoms with Crippen molar-refractivity contribution in [2.45, 2.75) is 38.5 Å². The van der Waals surface area contributed by atoms with Gasteiger partial charge >= 0.3 is 0 Å². The quantitative estimate of drug-likeness (QED) is 0.611. The number of halogens is 1. The molecule has 22 heavy (non-hydrogen) atoms. The minimum absolute atomic E-state index is 0.136. The van der Waals surface area contributed by atoms with Gasteiger partial charge < -0.3 is 0 Å². The van der Waals surface area contributed by atoms with Crippen LogP contribution in [-0.4, -0.2) is 29.0 Å². The maximum Gasteiger partial charge on any atom is 0.236 e. The van der Waals surface area contributed by atoms with E-state index in [0.717, 1.165) is 36.6 Å². The zero-order valence-electron chi connectivity index (χ0n) is 12.3. The van der Waals surface area contributed by atoms with Crippen LogP contribution in [0.25, 0.3) is 0 Å². The average molecular weight is 364 g/mol. The second-order valence-corrected chi connectivity index (χ2v) is 7.15. The van der Waals surface area contributed by atoms with Crippen LogP contribution in [-0.2, 0) is 9.59 Å². The van der Waals surface area contributed by atoms with E-state index in [2.05, 4.69) is 15.9 Å². The Kier molecular flexibility index (Phi) is 4.17. The number of rotatable bonds is 3. The summed E-state index contributed by atoms with van der Waals surface area (Å²) in [5, 5.41) is 0. The summed E-state index contributed by atoms with van der Waals surface area (Å²) in [5.74, 6) is -0.526. The minimum atomic E-state index is -0.519. The molecule has 0 radical (unpaired) electrons. The van der Waals surface area contributed by atoms with E-state index in [9.17, 15) is 14.4 Å². The molecule has 0 N–H and O–H groups in total. The number of hydrogen-bond donors (Lipinski definition) is 0. The molecule has 2 amide bonds. The largest absolute Gasteiger partial charge is 0.292 e. The number of likely N-dealkylation sites (tertiary alicyclic amines) is 1.